The van der Waals surface area contributed by atoms with E-state index in [2.05, 4.69) is 15.2 Å². The van der Waals surface area contributed by atoms with E-state index in [4.69, 9.17) is 11.1 Å². The van der Waals surface area contributed by atoms with Crippen LogP contribution in [0.25, 0.3) is 11.0 Å². The number of rotatable bonds is 4. The molecule has 1 heterocycles. The van der Waals surface area contributed by atoms with Crippen LogP contribution in [0.2, 0.25) is 0 Å². The lowest BCUT2D eigenvalue weighted by Crippen LogP contribution is -2.34. The fraction of sp³-hybridized carbons (Fsp3) is 0.333. The maximum absolute atomic E-state index is 7.31. The van der Waals surface area contributed by atoms with E-state index in [9.17, 15) is 0 Å². The topological polar surface area (TPSA) is 91.8 Å². The fourth-order valence-corrected chi connectivity index (χ4v) is 1.67. The molecule has 0 aliphatic rings. The van der Waals surface area contributed by atoms with Crippen molar-refractivity contribution in [2.45, 2.75) is 19.4 Å². The lowest BCUT2D eigenvalue weighted by atomic mass is 10.2. The molecule has 0 radical (unpaired) electrons. The summed E-state index contributed by atoms with van der Waals surface area (Å²) in [7, 11) is 1.87. The Balaban J connectivity index is 2.27. The molecule has 0 saturated carbocycles. The predicted molar refractivity (Wildman–Crippen MR) is 71.7 cm³/mol. The van der Waals surface area contributed by atoms with Crippen molar-refractivity contribution >= 4 is 22.8 Å². The molecule has 1 unspecified atom stereocenters. The second-order valence-corrected chi connectivity index (χ2v) is 4.29. The van der Waals surface area contributed by atoms with Crippen molar-refractivity contribution < 1.29 is 0 Å². The van der Waals surface area contributed by atoms with Crippen LogP contribution in [0.1, 0.15) is 13.3 Å². The number of nitrogens with two attached hydrogens (primary N) is 1. The van der Waals surface area contributed by atoms with Crippen LogP contribution in [0, 0.1) is 5.41 Å². The molecule has 2 aromatic rings. The Morgan fingerprint density at radius 1 is 1.33 bits per heavy atom. The fourth-order valence-electron chi connectivity index (χ4n) is 1.67. The van der Waals surface area contributed by atoms with Crippen LogP contribution < -0.4 is 10.6 Å². The number of amidine groups is 1. The molecule has 0 aliphatic carbocycles. The zero-order chi connectivity index (χ0) is 13.1. The molecule has 1 aromatic heterocycles. The molecule has 6 heteroatoms. The summed E-state index contributed by atoms with van der Waals surface area (Å²) < 4.78 is 0. The minimum absolute atomic E-state index is 0.0606. The van der Waals surface area contributed by atoms with Gasteiger partial charge in [0.1, 0.15) is 5.52 Å². The van der Waals surface area contributed by atoms with Gasteiger partial charge in [-0.15, -0.1) is 10.2 Å². The average Bonchev–Trinajstić information content (AvgIpc) is 2.36. The molecule has 0 amide bonds. The van der Waals surface area contributed by atoms with Gasteiger partial charge in [0.2, 0.25) is 5.95 Å². The largest absolute Gasteiger partial charge is 0.388 e. The van der Waals surface area contributed by atoms with Crippen molar-refractivity contribution in [1.29, 1.82) is 5.41 Å². The van der Waals surface area contributed by atoms with Crippen LogP contribution >= 0.6 is 0 Å². The minimum Gasteiger partial charge on any atom is -0.388 e. The molecule has 0 fully saturated rings. The zero-order valence-corrected chi connectivity index (χ0v) is 10.5. The third-order valence-corrected chi connectivity index (χ3v) is 2.84. The maximum atomic E-state index is 7.31. The third kappa shape index (κ3) is 2.53. The van der Waals surface area contributed by atoms with Gasteiger partial charge in [-0.25, -0.2) is 4.98 Å². The lowest BCUT2D eigenvalue weighted by molar-refractivity contribution is 0.684. The van der Waals surface area contributed by atoms with Crippen molar-refractivity contribution in [2.75, 3.05) is 11.9 Å². The number of fused-ring (bicyclic) bond motifs is 1. The van der Waals surface area contributed by atoms with E-state index in [0.29, 0.717) is 12.4 Å². The first-order valence-electron chi connectivity index (χ1n) is 5.73. The maximum Gasteiger partial charge on any atom is 0.245 e. The minimum atomic E-state index is 0.0606. The highest BCUT2D eigenvalue weighted by molar-refractivity contribution is 5.78. The van der Waals surface area contributed by atoms with Crippen molar-refractivity contribution in [3.8, 4) is 0 Å². The lowest BCUT2D eigenvalue weighted by Gasteiger charge is -2.23. The Kier molecular flexibility index (Phi) is 3.36. The van der Waals surface area contributed by atoms with E-state index in [1.54, 1.807) is 0 Å². The smallest absolute Gasteiger partial charge is 0.245 e. The number of aromatic nitrogens is 3. The number of hydrogen-bond acceptors (Lipinski definition) is 5. The summed E-state index contributed by atoms with van der Waals surface area (Å²) in [4.78, 5) is 6.32. The van der Waals surface area contributed by atoms with E-state index in [-0.39, 0.29) is 11.9 Å². The normalized spacial score (nSPS) is 12.3. The summed E-state index contributed by atoms with van der Waals surface area (Å²) in [6.07, 6.45) is 0.479. The number of nitrogens with one attached hydrogen (secondary N) is 1. The van der Waals surface area contributed by atoms with Crippen molar-refractivity contribution in [3.05, 3.63) is 24.3 Å². The summed E-state index contributed by atoms with van der Waals surface area (Å²) in [5, 5.41) is 15.5. The van der Waals surface area contributed by atoms with Gasteiger partial charge < -0.3 is 10.6 Å². The van der Waals surface area contributed by atoms with Crippen LogP contribution in [0.4, 0.5) is 5.95 Å². The quantitative estimate of drug-likeness (QED) is 0.622. The number of para-hydroxylation sites is 1. The van der Waals surface area contributed by atoms with Gasteiger partial charge in [-0.05, 0) is 19.1 Å². The van der Waals surface area contributed by atoms with Gasteiger partial charge in [-0.1, -0.05) is 12.1 Å². The first kappa shape index (κ1) is 12.2. The Morgan fingerprint density at radius 3 is 2.67 bits per heavy atom. The highest BCUT2D eigenvalue weighted by Gasteiger charge is 2.14. The molecular formula is C12H16N6. The van der Waals surface area contributed by atoms with Gasteiger partial charge in [0.05, 0.1) is 11.4 Å². The molecule has 6 nitrogen and oxygen atoms in total. The molecule has 0 bridgehead atoms. The summed E-state index contributed by atoms with van der Waals surface area (Å²) in [5.74, 6) is 0.700. The first-order valence-corrected chi connectivity index (χ1v) is 5.73. The van der Waals surface area contributed by atoms with E-state index >= 15 is 0 Å². The molecule has 1 atom stereocenters. The molecule has 0 aliphatic heterocycles. The van der Waals surface area contributed by atoms with Gasteiger partial charge in [-0.3, -0.25) is 5.41 Å². The van der Waals surface area contributed by atoms with Gasteiger partial charge >= 0.3 is 0 Å². The summed E-state index contributed by atoms with van der Waals surface area (Å²) >= 11 is 0. The van der Waals surface area contributed by atoms with Gasteiger partial charge in [0, 0.05) is 19.5 Å². The van der Waals surface area contributed by atoms with E-state index in [1.807, 2.05) is 43.1 Å². The van der Waals surface area contributed by atoms with Crippen molar-refractivity contribution in [3.63, 3.8) is 0 Å². The second-order valence-electron chi connectivity index (χ2n) is 4.29. The first-order chi connectivity index (χ1) is 8.58. The highest BCUT2D eigenvalue weighted by Crippen LogP contribution is 2.14. The van der Waals surface area contributed by atoms with Gasteiger partial charge in [-0.2, -0.15) is 0 Å². The predicted octanol–water partition coefficient (Wildman–Crippen LogP) is 1.18. The molecule has 1 aromatic carbocycles. The summed E-state index contributed by atoms with van der Waals surface area (Å²) in [5.41, 5.74) is 6.98. The number of benzene rings is 1. The van der Waals surface area contributed by atoms with Crippen LogP contribution in [0.3, 0.4) is 0 Å². The zero-order valence-electron chi connectivity index (χ0n) is 10.5. The van der Waals surface area contributed by atoms with Gasteiger partial charge in [0.25, 0.3) is 0 Å². The van der Waals surface area contributed by atoms with Crippen LogP contribution in [-0.4, -0.2) is 34.1 Å². The molecule has 18 heavy (non-hydrogen) atoms. The number of anilines is 1. The second kappa shape index (κ2) is 4.95. The van der Waals surface area contributed by atoms with E-state index < -0.39 is 0 Å². The Morgan fingerprint density at radius 2 is 2.00 bits per heavy atom. The molecular weight excluding hydrogens is 228 g/mol. The highest BCUT2D eigenvalue weighted by atomic mass is 15.3. The molecule has 94 valence electrons. The van der Waals surface area contributed by atoms with E-state index in [1.165, 1.54) is 0 Å². The number of hydrogen-bond donors (Lipinski definition) is 2. The SMILES string of the molecule is CC(CC(=N)N)N(C)c1nnc2ccccc2n1. The summed E-state index contributed by atoms with van der Waals surface area (Å²) in [6.45, 7) is 1.97. The van der Waals surface area contributed by atoms with Crippen molar-refractivity contribution in [1.82, 2.24) is 15.2 Å². The van der Waals surface area contributed by atoms with Crippen LogP contribution in [0.5, 0.6) is 0 Å². The van der Waals surface area contributed by atoms with Crippen molar-refractivity contribution in [2.24, 2.45) is 5.73 Å². The summed E-state index contributed by atoms with van der Waals surface area (Å²) in [6, 6.07) is 7.65. The average molecular weight is 244 g/mol. The van der Waals surface area contributed by atoms with Crippen LogP contribution in [-0.2, 0) is 0 Å². The Bertz CT molecular complexity index is 567. The monoisotopic (exact) mass is 244 g/mol. The van der Waals surface area contributed by atoms with Crippen LogP contribution in [0.15, 0.2) is 24.3 Å². The molecule has 0 spiro atoms. The standard InChI is InChI=1S/C12H16N6/c1-8(7-11(13)14)18(2)12-15-9-5-3-4-6-10(9)16-17-12/h3-6,8H,7H2,1-2H3,(H3,13,14). The molecule has 2 rings (SSSR count). The Labute approximate surface area is 105 Å². The molecule has 0 saturated heterocycles. The van der Waals surface area contributed by atoms with Gasteiger partial charge in [0.15, 0.2) is 0 Å². The van der Waals surface area contributed by atoms with E-state index in [0.717, 1.165) is 11.0 Å². The molecule has 3 N–H and O–H groups in total. The Hall–Kier alpha value is -2.24. The third-order valence-electron chi connectivity index (χ3n) is 2.84. The number of nitrogens with zero attached hydrogens (tertiary/aromatic N) is 4.